The van der Waals surface area contributed by atoms with Gasteiger partial charge in [-0.15, -0.1) is 0 Å². The van der Waals surface area contributed by atoms with E-state index in [2.05, 4.69) is 15.3 Å². The SMILES string of the molecule is CCC(COC)Nc1nc2c([nH]1)c(=O)n(C)c(=O)n2C. The van der Waals surface area contributed by atoms with E-state index in [0.29, 0.717) is 23.7 Å². The first-order valence-corrected chi connectivity index (χ1v) is 6.40. The molecule has 0 amide bonds. The molecule has 20 heavy (non-hydrogen) atoms. The zero-order valence-electron chi connectivity index (χ0n) is 12.1. The molecule has 1 unspecified atom stereocenters. The summed E-state index contributed by atoms with van der Waals surface area (Å²) in [5, 5.41) is 3.16. The molecule has 0 saturated heterocycles. The van der Waals surface area contributed by atoms with Crippen LogP contribution in [0.1, 0.15) is 13.3 Å². The highest BCUT2D eigenvalue weighted by atomic mass is 16.5. The van der Waals surface area contributed by atoms with Gasteiger partial charge in [0, 0.05) is 21.2 Å². The van der Waals surface area contributed by atoms with E-state index in [9.17, 15) is 9.59 Å². The molecule has 0 aromatic carbocycles. The van der Waals surface area contributed by atoms with E-state index in [1.807, 2.05) is 6.92 Å². The zero-order chi connectivity index (χ0) is 14.9. The van der Waals surface area contributed by atoms with Gasteiger partial charge in [-0.3, -0.25) is 13.9 Å². The molecule has 0 spiro atoms. The van der Waals surface area contributed by atoms with E-state index in [-0.39, 0.29) is 11.6 Å². The van der Waals surface area contributed by atoms with Crippen LogP contribution in [0.25, 0.3) is 11.2 Å². The Morgan fingerprint density at radius 3 is 2.65 bits per heavy atom. The fraction of sp³-hybridized carbons (Fsp3) is 0.583. The lowest BCUT2D eigenvalue weighted by molar-refractivity contribution is 0.184. The van der Waals surface area contributed by atoms with Crippen LogP contribution >= 0.6 is 0 Å². The number of nitrogens with one attached hydrogen (secondary N) is 2. The highest BCUT2D eigenvalue weighted by Gasteiger charge is 2.15. The maximum Gasteiger partial charge on any atom is 0.332 e. The van der Waals surface area contributed by atoms with Crippen molar-refractivity contribution >= 4 is 17.1 Å². The monoisotopic (exact) mass is 281 g/mol. The van der Waals surface area contributed by atoms with Crippen molar-refractivity contribution in [2.24, 2.45) is 14.1 Å². The fourth-order valence-corrected chi connectivity index (χ4v) is 2.05. The summed E-state index contributed by atoms with van der Waals surface area (Å²) >= 11 is 0. The van der Waals surface area contributed by atoms with Gasteiger partial charge in [0.15, 0.2) is 11.2 Å². The number of methoxy groups -OCH3 is 1. The highest BCUT2D eigenvalue weighted by molar-refractivity contribution is 5.72. The first-order chi connectivity index (χ1) is 9.49. The molecule has 0 aliphatic carbocycles. The van der Waals surface area contributed by atoms with Crippen molar-refractivity contribution in [3.05, 3.63) is 20.8 Å². The van der Waals surface area contributed by atoms with Gasteiger partial charge >= 0.3 is 5.69 Å². The van der Waals surface area contributed by atoms with Gasteiger partial charge in [0.2, 0.25) is 5.95 Å². The molecule has 2 aromatic heterocycles. The second kappa shape index (κ2) is 5.49. The molecule has 0 saturated carbocycles. The van der Waals surface area contributed by atoms with Gasteiger partial charge in [0.1, 0.15) is 0 Å². The third-order valence-electron chi connectivity index (χ3n) is 3.30. The van der Waals surface area contributed by atoms with Crippen molar-refractivity contribution in [1.29, 1.82) is 0 Å². The van der Waals surface area contributed by atoms with Crippen molar-refractivity contribution < 1.29 is 4.74 Å². The number of anilines is 1. The van der Waals surface area contributed by atoms with Gasteiger partial charge in [-0.25, -0.2) is 4.79 Å². The fourth-order valence-electron chi connectivity index (χ4n) is 2.05. The van der Waals surface area contributed by atoms with Crippen molar-refractivity contribution in [2.75, 3.05) is 19.0 Å². The van der Waals surface area contributed by atoms with Crippen LogP contribution in [0.5, 0.6) is 0 Å². The minimum atomic E-state index is -0.399. The maximum absolute atomic E-state index is 12.0. The molecule has 110 valence electrons. The van der Waals surface area contributed by atoms with Crippen molar-refractivity contribution in [3.8, 4) is 0 Å². The molecule has 0 radical (unpaired) electrons. The molecule has 2 heterocycles. The third kappa shape index (κ3) is 2.34. The largest absolute Gasteiger partial charge is 0.383 e. The molecule has 2 aromatic rings. The summed E-state index contributed by atoms with van der Waals surface area (Å²) in [4.78, 5) is 31.0. The summed E-state index contributed by atoms with van der Waals surface area (Å²) < 4.78 is 7.50. The number of H-pyrrole nitrogens is 1. The third-order valence-corrected chi connectivity index (χ3v) is 3.30. The van der Waals surface area contributed by atoms with E-state index in [4.69, 9.17) is 4.74 Å². The highest BCUT2D eigenvalue weighted by Crippen LogP contribution is 2.10. The molecule has 1 atom stereocenters. The Balaban J connectivity index is 2.49. The lowest BCUT2D eigenvalue weighted by atomic mass is 10.2. The summed E-state index contributed by atoms with van der Waals surface area (Å²) in [7, 11) is 4.65. The number of rotatable bonds is 5. The second-order valence-corrected chi connectivity index (χ2v) is 4.69. The predicted molar refractivity (Wildman–Crippen MR) is 76.2 cm³/mol. The van der Waals surface area contributed by atoms with E-state index >= 15 is 0 Å². The Labute approximate surface area is 115 Å². The summed E-state index contributed by atoms with van der Waals surface area (Å²) in [6, 6.07) is 0.0847. The van der Waals surface area contributed by atoms with Crippen LogP contribution in [0.3, 0.4) is 0 Å². The van der Waals surface area contributed by atoms with E-state index < -0.39 is 5.69 Å². The Morgan fingerprint density at radius 1 is 1.35 bits per heavy atom. The molecule has 0 fully saturated rings. The number of hydrogen-bond acceptors (Lipinski definition) is 5. The number of aromatic nitrogens is 4. The lowest BCUT2D eigenvalue weighted by Crippen LogP contribution is -2.36. The molecule has 0 aliphatic rings. The van der Waals surface area contributed by atoms with Crippen molar-refractivity contribution in [1.82, 2.24) is 19.1 Å². The van der Waals surface area contributed by atoms with Crippen LogP contribution in [0.15, 0.2) is 9.59 Å². The smallest absolute Gasteiger partial charge is 0.332 e. The summed E-state index contributed by atoms with van der Waals surface area (Å²) in [5.74, 6) is 0.460. The van der Waals surface area contributed by atoms with Gasteiger partial charge in [0.25, 0.3) is 5.56 Å². The molecule has 8 heteroatoms. The van der Waals surface area contributed by atoms with Crippen molar-refractivity contribution in [2.45, 2.75) is 19.4 Å². The van der Waals surface area contributed by atoms with Crippen LogP contribution in [0.4, 0.5) is 5.95 Å². The van der Waals surface area contributed by atoms with Crippen LogP contribution < -0.4 is 16.6 Å². The Kier molecular flexibility index (Phi) is 3.93. The standard InChI is InChI=1S/C12H19N5O3/c1-5-7(6-20-4)13-11-14-8-9(15-11)16(2)12(19)17(3)10(8)18/h7H,5-6H2,1-4H3,(H2,13,14,15). The molecular formula is C12H19N5O3. The van der Waals surface area contributed by atoms with Crippen molar-refractivity contribution in [3.63, 3.8) is 0 Å². The Morgan fingerprint density at radius 2 is 2.05 bits per heavy atom. The van der Waals surface area contributed by atoms with Gasteiger partial charge < -0.3 is 15.0 Å². The number of ether oxygens (including phenoxy) is 1. The molecule has 2 rings (SSSR count). The normalized spacial score (nSPS) is 12.8. The second-order valence-electron chi connectivity index (χ2n) is 4.69. The molecular weight excluding hydrogens is 262 g/mol. The van der Waals surface area contributed by atoms with Crippen LogP contribution in [0, 0.1) is 0 Å². The number of aryl methyl sites for hydroxylation is 1. The zero-order valence-corrected chi connectivity index (χ0v) is 12.1. The number of nitrogens with zero attached hydrogens (tertiary/aromatic N) is 3. The first kappa shape index (κ1) is 14.3. The van der Waals surface area contributed by atoms with Gasteiger partial charge in [-0.2, -0.15) is 4.98 Å². The summed E-state index contributed by atoms with van der Waals surface area (Å²) in [5.41, 5.74) is -0.134. The number of fused-ring (bicyclic) bond motifs is 1. The summed E-state index contributed by atoms with van der Waals surface area (Å²) in [6.45, 7) is 2.55. The quantitative estimate of drug-likeness (QED) is 0.791. The topological polar surface area (TPSA) is 93.9 Å². The Bertz CT molecular complexity index is 727. The predicted octanol–water partition coefficient (Wildman–Crippen LogP) is -0.203. The first-order valence-electron chi connectivity index (χ1n) is 6.40. The van der Waals surface area contributed by atoms with Gasteiger partial charge in [0.05, 0.1) is 12.6 Å². The van der Waals surface area contributed by atoms with Gasteiger partial charge in [-0.1, -0.05) is 6.92 Å². The van der Waals surface area contributed by atoms with Gasteiger partial charge in [-0.05, 0) is 6.42 Å². The lowest BCUT2D eigenvalue weighted by Gasteiger charge is -2.14. The number of aromatic amines is 1. The minimum Gasteiger partial charge on any atom is -0.383 e. The molecule has 2 N–H and O–H groups in total. The molecule has 0 bridgehead atoms. The van der Waals surface area contributed by atoms with Crippen LogP contribution in [-0.4, -0.2) is 38.9 Å². The molecule has 8 nitrogen and oxygen atoms in total. The minimum absolute atomic E-state index is 0.0847. The Hall–Kier alpha value is -2.09. The van der Waals surface area contributed by atoms with E-state index in [0.717, 1.165) is 11.0 Å². The van der Waals surface area contributed by atoms with E-state index in [1.165, 1.54) is 11.6 Å². The average molecular weight is 281 g/mol. The maximum atomic E-state index is 12.0. The number of hydrogen-bond donors (Lipinski definition) is 2. The average Bonchev–Trinajstić information content (AvgIpc) is 2.86. The van der Waals surface area contributed by atoms with E-state index in [1.54, 1.807) is 14.2 Å². The van der Waals surface area contributed by atoms with Crippen LogP contribution in [0.2, 0.25) is 0 Å². The molecule has 0 aliphatic heterocycles. The van der Waals surface area contributed by atoms with Crippen LogP contribution in [-0.2, 0) is 18.8 Å². The summed E-state index contributed by atoms with van der Waals surface area (Å²) in [6.07, 6.45) is 0.849. The number of imidazole rings is 1.